The average molecular weight is 445 g/mol. The molecule has 0 saturated heterocycles. The van der Waals surface area contributed by atoms with Crippen molar-refractivity contribution in [1.29, 1.82) is 0 Å². The molecule has 1 N–H and O–H groups in total. The Kier molecular flexibility index (Phi) is 7.76. The molecule has 0 fully saturated rings. The van der Waals surface area contributed by atoms with Gasteiger partial charge in [-0.05, 0) is 61.4 Å². The third-order valence-electron chi connectivity index (χ3n) is 4.15. The summed E-state index contributed by atoms with van der Waals surface area (Å²) in [6.07, 6.45) is 0. The Hall–Kier alpha value is -2.51. The number of nitrogens with one attached hydrogen (secondary N) is 1. The minimum absolute atomic E-state index is 0.101. The molecule has 0 unspecified atom stereocenters. The number of aromatic nitrogens is 3. The van der Waals surface area contributed by atoms with Gasteiger partial charge in [0, 0.05) is 22.8 Å². The van der Waals surface area contributed by atoms with Gasteiger partial charge in [-0.3, -0.25) is 4.79 Å². The summed E-state index contributed by atoms with van der Waals surface area (Å²) in [4.78, 5) is 12.4. The fourth-order valence-electron chi connectivity index (χ4n) is 2.87. The molecule has 0 aliphatic heterocycles. The van der Waals surface area contributed by atoms with Crippen molar-refractivity contribution in [3.63, 3.8) is 0 Å². The van der Waals surface area contributed by atoms with Crippen molar-refractivity contribution in [1.82, 2.24) is 14.8 Å². The second-order valence-electron chi connectivity index (χ2n) is 7.11. The van der Waals surface area contributed by atoms with Gasteiger partial charge in [0.1, 0.15) is 5.75 Å². The van der Waals surface area contributed by atoms with E-state index in [2.05, 4.69) is 33.9 Å². The molecule has 0 aliphatic carbocycles. The van der Waals surface area contributed by atoms with Crippen molar-refractivity contribution in [2.24, 2.45) is 5.92 Å². The zero-order valence-electron chi connectivity index (χ0n) is 17.3. The number of hydrogen-bond donors (Lipinski definition) is 1. The Labute approximate surface area is 186 Å². The quantitative estimate of drug-likeness (QED) is 0.448. The fourth-order valence-corrected chi connectivity index (χ4v) is 3.74. The van der Waals surface area contributed by atoms with Crippen LogP contribution >= 0.6 is 23.4 Å². The zero-order valence-corrected chi connectivity index (χ0v) is 18.8. The van der Waals surface area contributed by atoms with E-state index in [1.54, 1.807) is 0 Å². The molecule has 0 spiro atoms. The summed E-state index contributed by atoms with van der Waals surface area (Å²) in [5, 5.41) is 13.0. The first kappa shape index (κ1) is 22.2. The fraction of sp³-hybridized carbons (Fsp3) is 0.318. The van der Waals surface area contributed by atoms with Crippen LogP contribution in [0.4, 0.5) is 5.69 Å². The maximum Gasteiger partial charge on any atom is 0.234 e. The van der Waals surface area contributed by atoms with E-state index in [4.69, 9.17) is 16.3 Å². The van der Waals surface area contributed by atoms with Crippen LogP contribution < -0.4 is 10.1 Å². The van der Waals surface area contributed by atoms with E-state index in [1.807, 2.05) is 55.5 Å². The van der Waals surface area contributed by atoms with Gasteiger partial charge in [-0.2, -0.15) is 0 Å². The first-order valence-electron chi connectivity index (χ1n) is 9.81. The van der Waals surface area contributed by atoms with Gasteiger partial charge in [0.2, 0.25) is 5.91 Å². The number of ether oxygens (including phenoxy) is 1. The number of carbonyl (C=O) groups is 1. The topological polar surface area (TPSA) is 69.0 Å². The van der Waals surface area contributed by atoms with Crippen molar-refractivity contribution in [3.05, 3.63) is 53.6 Å². The number of anilines is 1. The second-order valence-corrected chi connectivity index (χ2v) is 8.49. The minimum atomic E-state index is -0.101. The first-order valence-corrected chi connectivity index (χ1v) is 11.2. The molecular weight excluding hydrogens is 420 g/mol. The molecule has 8 heteroatoms. The van der Waals surface area contributed by atoms with E-state index < -0.39 is 0 Å². The van der Waals surface area contributed by atoms with Crippen molar-refractivity contribution in [3.8, 4) is 17.1 Å². The standard InChI is InChI=1S/C22H25ClN4O2S/c1-4-29-19-11-9-18(10-12-19)24-20(28)14-30-22-26-25-21(27(22)13-15(2)3)16-5-7-17(23)8-6-16/h5-12,15H,4,13-14H2,1-3H3,(H,24,28). The summed E-state index contributed by atoms with van der Waals surface area (Å²) in [6.45, 7) is 7.58. The average Bonchev–Trinajstić information content (AvgIpc) is 3.10. The molecule has 0 aliphatic rings. The summed E-state index contributed by atoms with van der Waals surface area (Å²) in [7, 11) is 0. The molecule has 1 amide bonds. The highest BCUT2D eigenvalue weighted by Gasteiger charge is 2.17. The summed E-state index contributed by atoms with van der Waals surface area (Å²) in [5.74, 6) is 2.10. The van der Waals surface area contributed by atoms with Gasteiger partial charge in [-0.25, -0.2) is 0 Å². The predicted octanol–water partition coefficient (Wildman–Crippen LogP) is 5.38. The summed E-state index contributed by atoms with van der Waals surface area (Å²) >= 11 is 7.38. The molecule has 0 bridgehead atoms. The van der Waals surface area contributed by atoms with Gasteiger partial charge in [-0.15, -0.1) is 10.2 Å². The first-order chi connectivity index (χ1) is 14.5. The van der Waals surface area contributed by atoms with Crippen LogP contribution in [0.2, 0.25) is 5.02 Å². The molecule has 0 atom stereocenters. The van der Waals surface area contributed by atoms with Crippen LogP contribution in [0.3, 0.4) is 0 Å². The number of hydrogen-bond acceptors (Lipinski definition) is 5. The number of nitrogens with zero attached hydrogens (tertiary/aromatic N) is 3. The van der Waals surface area contributed by atoms with E-state index in [1.165, 1.54) is 11.8 Å². The van der Waals surface area contributed by atoms with Crippen molar-refractivity contribution < 1.29 is 9.53 Å². The smallest absolute Gasteiger partial charge is 0.234 e. The number of carbonyl (C=O) groups excluding carboxylic acids is 1. The van der Waals surface area contributed by atoms with Gasteiger partial charge in [0.25, 0.3) is 0 Å². The Morgan fingerprint density at radius 2 is 1.83 bits per heavy atom. The third-order valence-corrected chi connectivity index (χ3v) is 5.37. The van der Waals surface area contributed by atoms with Crippen LogP contribution in [-0.4, -0.2) is 33.0 Å². The molecule has 3 aromatic rings. The largest absolute Gasteiger partial charge is 0.494 e. The highest BCUT2D eigenvalue weighted by Crippen LogP contribution is 2.26. The lowest BCUT2D eigenvalue weighted by Gasteiger charge is -2.12. The highest BCUT2D eigenvalue weighted by atomic mass is 35.5. The Morgan fingerprint density at radius 1 is 1.13 bits per heavy atom. The molecule has 158 valence electrons. The van der Waals surface area contributed by atoms with Crippen LogP contribution in [0, 0.1) is 5.92 Å². The number of halogens is 1. The van der Waals surface area contributed by atoms with Gasteiger partial charge in [0.15, 0.2) is 11.0 Å². The van der Waals surface area contributed by atoms with Crippen molar-refractivity contribution in [2.75, 3.05) is 17.7 Å². The van der Waals surface area contributed by atoms with E-state index in [-0.39, 0.29) is 11.7 Å². The second kappa shape index (κ2) is 10.5. The van der Waals surface area contributed by atoms with E-state index in [0.717, 1.165) is 34.5 Å². The van der Waals surface area contributed by atoms with Crippen LogP contribution in [0.5, 0.6) is 5.75 Å². The lowest BCUT2D eigenvalue weighted by molar-refractivity contribution is -0.113. The maximum absolute atomic E-state index is 12.4. The highest BCUT2D eigenvalue weighted by molar-refractivity contribution is 7.99. The van der Waals surface area contributed by atoms with Crippen LogP contribution in [0.1, 0.15) is 20.8 Å². The third kappa shape index (κ3) is 6.00. The number of thioether (sulfide) groups is 1. The summed E-state index contributed by atoms with van der Waals surface area (Å²) < 4.78 is 7.48. The summed E-state index contributed by atoms with van der Waals surface area (Å²) in [6, 6.07) is 14.9. The van der Waals surface area contributed by atoms with Gasteiger partial charge in [-0.1, -0.05) is 37.2 Å². The normalized spacial score (nSPS) is 11.0. The molecule has 30 heavy (non-hydrogen) atoms. The zero-order chi connectivity index (χ0) is 21.5. The van der Waals surface area contributed by atoms with E-state index >= 15 is 0 Å². The lowest BCUT2D eigenvalue weighted by Crippen LogP contribution is -2.15. The van der Waals surface area contributed by atoms with Crippen molar-refractivity contribution >= 4 is 35.0 Å². The Bertz CT molecular complexity index is 972. The van der Waals surface area contributed by atoms with Crippen LogP contribution in [0.25, 0.3) is 11.4 Å². The number of benzene rings is 2. The SMILES string of the molecule is CCOc1ccc(NC(=O)CSc2nnc(-c3ccc(Cl)cc3)n2CC(C)C)cc1. The molecule has 0 radical (unpaired) electrons. The summed E-state index contributed by atoms with van der Waals surface area (Å²) in [5.41, 5.74) is 1.67. The van der Waals surface area contributed by atoms with E-state index in [9.17, 15) is 4.79 Å². The number of amides is 1. The Morgan fingerprint density at radius 3 is 2.47 bits per heavy atom. The van der Waals surface area contributed by atoms with Gasteiger partial charge in [0.05, 0.1) is 12.4 Å². The van der Waals surface area contributed by atoms with Crippen LogP contribution in [-0.2, 0) is 11.3 Å². The molecule has 1 aromatic heterocycles. The monoisotopic (exact) mass is 444 g/mol. The number of rotatable bonds is 9. The van der Waals surface area contributed by atoms with Crippen LogP contribution in [0.15, 0.2) is 53.7 Å². The van der Waals surface area contributed by atoms with Gasteiger partial charge >= 0.3 is 0 Å². The maximum atomic E-state index is 12.4. The van der Waals surface area contributed by atoms with Crippen molar-refractivity contribution in [2.45, 2.75) is 32.5 Å². The predicted molar refractivity (Wildman–Crippen MR) is 122 cm³/mol. The Balaban J connectivity index is 1.68. The van der Waals surface area contributed by atoms with E-state index in [0.29, 0.717) is 17.5 Å². The minimum Gasteiger partial charge on any atom is -0.494 e. The lowest BCUT2D eigenvalue weighted by atomic mass is 10.2. The molecular formula is C22H25ClN4O2S. The molecule has 6 nitrogen and oxygen atoms in total. The molecule has 2 aromatic carbocycles. The molecule has 1 heterocycles. The molecule has 3 rings (SSSR count). The van der Waals surface area contributed by atoms with Gasteiger partial charge < -0.3 is 14.6 Å². The molecule has 0 saturated carbocycles.